The van der Waals surface area contributed by atoms with Gasteiger partial charge in [0.05, 0.1) is 6.04 Å². The molecule has 0 N–H and O–H groups in total. The lowest BCUT2D eigenvalue weighted by molar-refractivity contribution is 0.121. The van der Waals surface area contributed by atoms with E-state index in [9.17, 15) is 5.26 Å². The minimum absolute atomic E-state index is 0.332. The molecule has 2 unspecified atom stereocenters. The Labute approximate surface area is 183 Å². The Balaban J connectivity index is 0.00000204. The van der Waals surface area contributed by atoms with Crippen LogP contribution in [-0.2, 0) is 0 Å². The summed E-state index contributed by atoms with van der Waals surface area (Å²) in [6, 6.07) is 2.97. The fraction of sp³-hybridized carbons (Fsp3) is 0.435. The van der Waals surface area contributed by atoms with E-state index in [1.807, 2.05) is 19.2 Å². The van der Waals surface area contributed by atoms with Gasteiger partial charge in [0.15, 0.2) is 5.70 Å². The molecule has 0 aromatic rings. The number of nitriles is 1. The van der Waals surface area contributed by atoms with E-state index < -0.39 is 0 Å². The fourth-order valence-electron chi connectivity index (χ4n) is 3.30. The summed E-state index contributed by atoms with van der Waals surface area (Å²) in [6.07, 6.45) is 21.4. The van der Waals surface area contributed by atoms with Gasteiger partial charge in [-0.25, -0.2) is 4.99 Å². The summed E-state index contributed by atoms with van der Waals surface area (Å²) >= 11 is 3.37. The van der Waals surface area contributed by atoms with Gasteiger partial charge < -0.3 is 4.90 Å². The van der Waals surface area contributed by atoms with Crippen molar-refractivity contribution in [2.24, 2.45) is 9.98 Å². The number of allylic oxidation sites excluding steroid dienone is 5. The molecule has 0 aromatic carbocycles. The van der Waals surface area contributed by atoms with Crippen LogP contribution in [0.25, 0.3) is 0 Å². The van der Waals surface area contributed by atoms with Crippen LogP contribution in [0.5, 0.6) is 0 Å². The van der Waals surface area contributed by atoms with Crippen molar-refractivity contribution in [2.45, 2.75) is 31.8 Å². The van der Waals surface area contributed by atoms with Gasteiger partial charge in [-0.3, -0.25) is 9.89 Å². The maximum Gasteiger partial charge on any atom is 0.156 e. The number of halogens is 1. The molecular formula is C23H28BrN5. The van der Waals surface area contributed by atoms with Gasteiger partial charge in [0, 0.05) is 56.7 Å². The lowest BCUT2D eigenvalue weighted by atomic mass is 10.1. The zero-order valence-corrected chi connectivity index (χ0v) is 18.7. The van der Waals surface area contributed by atoms with Gasteiger partial charge in [0.25, 0.3) is 0 Å². The SMILES string of the molecule is C#C.CN=CC=N/C(C#N)=C/N1CCN2C(C#C/C(C)=C/C=C\CBr)CCC2C1. The molecule has 6 heteroatoms. The van der Waals surface area contributed by atoms with E-state index in [0.717, 1.165) is 43.4 Å². The molecule has 2 rings (SSSR count). The highest BCUT2D eigenvalue weighted by molar-refractivity contribution is 9.09. The van der Waals surface area contributed by atoms with Crippen LogP contribution in [0, 0.1) is 36.0 Å². The molecule has 0 bridgehead atoms. The molecule has 0 aromatic heterocycles. The molecule has 2 aliphatic rings. The number of fused-ring (bicyclic) bond motifs is 1. The van der Waals surface area contributed by atoms with Crippen molar-refractivity contribution in [1.82, 2.24) is 9.80 Å². The minimum Gasteiger partial charge on any atom is -0.372 e. The topological polar surface area (TPSA) is 55.0 Å². The van der Waals surface area contributed by atoms with Crippen LogP contribution in [0.2, 0.25) is 0 Å². The normalized spacial score (nSPS) is 22.8. The van der Waals surface area contributed by atoms with E-state index >= 15 is 0 Å². The molecule has 0 spiro atoms. The van der Waals surface area contributed by atoms with Crippen LogP contribution in [-0.4, -0.2) is 66.3 Å². The molecule has 2 atom stereocenters. The number of terminal acetylenes is 1. The van der Waals surface area contributed by atoms with E-state index in [2.05, 4.69) is 78.6 Å². The van der Waals surface area contributed by atoms with Crippen LogP contribution in [0.3, 0.4) is 0 Å². The quantitative estimate of drug-likeness (QED) is 0.210. The first-order valence-corrected chi connectivity index (χ1v) is 10.6. The van der Waals surface area contributed by atoms with Gasteiger partial charge in [-0.05, 0) is 25.3 Å². The van der Waals surface area contributed by atoms with Gasteiger partial charge >= 0.3 is 0 Å². The molecule has 29 heavy (non-hydrogen) atoms. The predicted molar refractivity (Wildman–Crippen MR) is 126 cm³/mol. The van der Waals surface area contributed by atoms with Crippen molar-refractivity contribution >= 4 is 28.4 Å². The van der Waals surface area contributed by atoms with Crippen molar-refractivity contribution in [3.05, 3.63) is 35.7 Å². The Bertz CT molecular complexity index is 786. The van der Waals surface area contributed by atoms with Crippen LogP contribution in [0.15, 0.2) is 45.7 Å². The van der Waals surface area contributed by atoms with Gasteiger partial charge in [-0.1, -0.05) is 46.0 Å². The third-order valence-electron chi connectivity index (χ3n) is 4.59. The Morgan fingerprint density at radius 2 is 2.07 bits per heavy atom. The van der Waals surface area contributed by atoms with Gasteiger partial charge in [-0.15, -0.1) is 12.8 Å². The summed E-state index contributed by atoms with van der Waals surface area (Å²) < 4.78 is 0. The van der Waals surface area contributed by atoms with Crippen molar-refractivity contribution < 1.29 is 0 Å². The van der Waals surface area contributed by atoms with E-state index in [1.165, 1.54) is 0 Å². The number of nitrogens with zero attached hydrogens (tertiary/aromatic N) is 5. The van der Waals surface area contributed by atoms with Gasteiger partial charge in [0.1, 0.15) is 6.07 Å². The van der Waals surface area contributed by atoms with Crippen molar-refractivity contribution in [3.63, 3.8) is 0 Å². The Hall–Kier alpha value is -2.59. The maximum absolute atomic E-state index is 9.24. The van der Waals surface area contributed by atoms with Crippen LogP contribution >= 0.6 is 15.9 Å². The number of aliphatic imine (C=N–C) groups is 2. The van der Waals surface area contributed by atoms with Crippen molar-refractivity contribution in [3.8, 4) is 30.8 Å². The number of hydrogen-bond donors (Lipinski definition) is 0. The molecule has 5 nitrogen and oxygen atoms in total. The molecule has 2 aliphatic heterocycles. The number of alkyl halides is 1. The van der Waals surface area contributed by atoms with Crippen molar-refractivity contribution in [2.75, 3.05) is 32.0 Å². The van der Waals surface area contributed by atoms with Crippen LogP contribution < -0.4 is 0 Å². The zero-order valence-electron chi connectivity index (χ0n) is 17.1. The molecule has 0 amide bonds. The second-order valence-corrected chi connectivity index (χ2v) is 7.14. The van der Waals surface area contributed by atoms with Crippen LogP contribution in [0.4, 0.5) is 0 Å². The second-order valence-electron chi connectivity index (χ2n) is 6.49. The minimum atomic E-state index is 0.332. The summed E-state index contributed by atoms with van der Waals surface area (Å²) in [6.45, 7) is 4.82. The zero-order chi connectivity index (χ0) is 21.5. The lowest BCUT2D eigenvalue weighted by Crippen LogP contribution is -2.50. The molecule has 2 fully saturated rings. The van der Waals surface area contributed by atoms with E-state index in [4.69, 9.17) is 0 Å². The average Bonchev–Trinajstić information content (AvgIpc) is 3.15. The Kier molecular flexibility index (Phi) is 12.2. The molecular weight excluding hydrogens is 426 g/mol. The predicted octanol–water partition coefficient (Wildman–Crippen LogP) is 3.42. The third kappa shape index (κ3) is 8.53. The highest BCUT2D eigenvalue weighted by Crippen LogP contribution is 2.27. The lowest BCUT2D eigenvalue weighted by Gasteiger charge is -2.38. The second kappa shape index (κ2) is 14.4. The smallest absolute Gasteiger partial charge is 0.156 e. The summed E-state index contributed by atoms with van der Waals surface area (Å²) in [5, 5.41) is 10.1. The first-order chi connectivity index (χ1) is 14.2. The molecule has 152 valence electrons. The van der Waals surface area contributed by atoms with Gasteiger partial charge in [-0.2, -0.15) is 5.26 Å². The summed E-state index contributed by atoms with van der Waals surface area (Å²) in [5.41, 5.74) is 1.50. The Morgan fingerprint density at radius 3 is 2.76 bits per heavy atom. The van der Waals surface area contributed by atoms with E-state index in [-0.39, 0.29) is 0 Å². The summed E-state index contributed by atoms with van der Waals surface area (Å²) in [7, 11) is 1.68. The molecule has 2 heterocycles. The average molecular weight is 454 g/mol. The van der Waals surface area contributed by atoms with Gasteiger partial charge in [0.2, 0.25) is 0 Å². The first-order valence-electron chi connectivity index (χ1n) is 9.48. The highest BCUT2D eigenvalue weighted by Gasteiger charge is 2.35. The monoisotopic (exact) mass is 453 g/mol. The summed E-state index contributed by atoms with van der Waals surface area (Å²) in [4.78, 5) is 12.7. The summed E-state index contributed by atoms with van der Waals surface area (Å²) in [5.74, 6) is 6.75. The Morgan fingerprint density at radius 1 is 1.28 bits per heavy atom. The standard InChI is InChI=1S/C21H26BrN5.C2H2/c1-18(5-3-4-10-22)6-7-20-8-9-21-17-26(13-14-27(20)21)16-19(15-23)25-12-11-24-2;1-2/h3-5,11-12,16,20-21H,8-10,13-14,17H2,1-2H3;1-2H/b4-3-,18-5+,19-16+,24-11?,25-12?;. The number of rotatable bonds is 5. The van der Waals surface area contributed by atoms with E-state index in [0.29, 0.717) is 17.8 Å². The van der Waals surface area contributed by atoms with Crippen LogP contribution in [0.1, 0.15) is 19.8 Å². The largest absolute Gasteiger partial charge is 0.372 e. The maximum atomic E-state index is 9.24. The number of piperazine rings is 1. The first kappa shape index (κ1) is 24.4. The molecule has 2 saturated heterocycles. The fourth-order valence-corrected chi connectivity index (χ4v) is 3.51. The highest BCUT2D eigenvalue weighted by atomic mass is 79.9. The molecule has 0 saturated carbocycles. The number of hydrogen-bond acceptors (Lipinski definition) is 5. The molecule has 0 aliphatic carbocycles. The van der Waals surface area contributed by atoms with E-state index in [1.54, 1.807) is 19.5 Å². The molecule has 0 radical (unpaired) electrons. The van der Waals surface area contributed by atoms with Crippen molar-refractivity contribution in [1.29, 1.82) is 5.26 Å². The third-order valence-corrected chi connectivity index (χ3v) is 4.96.